The van der Waals surface area contributed by atoms with E-state index in [-0.39, 0.29) is 11.8 Å². The average molecular weight is 288 g/mol. The number of rotatable bonds is 5. The normalized spacial score (nSPS) is 13.7. The van der Waals surface area contributed by atoms with Crippen molar-refractivity contribution in [3.05, 3.63) is 36.0 Å². The summed E-state index contributed by atoms with van der Waals surface area (Å²) in [6, 6.07) is 6.70. The van der Waals surface area contributed by atoms with Crippen LogP contribution in [0.4, 0.5) is 0 Å². The van der Waals surface area contributed by atoms with Crippen LogP contribution >= 0.6 is 0 Å². The van der Waals surface area contributed by atoms with Gasteiger partial charge in [-0.25, -0.2) is 4.79 Å². The Morgan fingerprint density at radius 3 is 2.76 bits per heavy atom. The van der Waals surface area contributed by atoms with Gasteiger partial charge in [-0.3, -0.25) is 4.79 Å². The molecule has 0 fully saturated rings. The standard InChI is InChI=1S/C16H20N2O3/c1-4-10(2)14(16(20)21-3)18-15(19)12-6-5-11-7-8-17-13(11)9-12/h5-10,14,17H,4H2,1-3H3,(H,18,19)/t10-,14+/m0/s1. The number of aromatic nitrogens is 1. The van der Waals surface area contributed by atoms with Crippen molar-refractivity contribution in [1.29, 1.82) is 0 Å². The fourth-order valence-corrected chi connectivity index (χ4v) is 2.21. The Hall–Kier alpha value is -2.30. The van der Waals surface area contributed by atoms with Crippen LogP contribution in [0.1, 0.15) is 30.6 Å². The van der Waals surface area contributed by atoms with E-state index in [0.717, 1.165) is 17.3 Å². The van der Waals surface area contributed by atoms with E-state index in [2.05, 4.69) is 10.3 Å². The van der Waals surface area contributed by atoms with Gasteiger partial charge in [0.2, 0.25) is 0 Å². The van der Waals surface area contributed by atoms with Gasteiger partial charge in [0.1, 0.15) is 6.04 Å². The molecule has 1 heterocycles. The first-order valence-corrected chi connectivity index (χ1v) is 7.02. The second-order valence-electron chi connectivity index (χ2n) is 5.14. The zero-order valence-electron chi connectivity index (χ0n) is 12.5. The number of H-pyrrole nitrogens is 1. The number of nitrogens with one attached hydrogen (secondary N) is 2. The van der Waals surface area contributed by atoms with Crippen LogP contribution in [0.15, 0.2) is 30.5 Å². The number of ether oxygens (including phenoxy) is 1. The first kappa shape index (κ1) is 15.1. The van der Waals surface area contributed by atoms with Crippen LogP contribution in [0.25, 0.3) is 10.9 Å². The van der Waals surface area contributed by atoms with Gasteiger partial charge in [-0.15, -0.1) is 0 Å². The summed E-state index contributed by atoms with van der Waals surface area (Å²) in [5.41, 5.74) is 1.41. The Labute approximate surface area is 123 Å². The molecule has 2 N–H and O–H groups in total. The van der Waals surface area contributed by atoms with Crippen LogP contribution < -0.4 is 5.32 Å². The van der Waals surface area contributed by atoms with Gasteiger partial charge in [0.05, 0.1) is 7.11 Å². The second-order valence-corrected chi connectivity index (χ2v) is 5.14. The quantitative estimate of drug-likeness (QED) is 0.830. The van der Waals surface area contributed by atoms with E-state index in [4.69, 9.17) is 4.74 Å². The molecule has 112 valence electrons. The SMILES string of the molecule is CC[C@H](C)[C@@H](NC(=O)c1ccc2cc[nH]c2c1)C(=O)OC. The molecule has 0 aliphatic carbocycles. The van der Waals surface area contributed by atoms with Gasteiger partial charge in [-0.1, -0.05) is 26.3 Å². The summed E-state index contributed by atoms with van der Waals surface area (Å²) in [7, 11) is 1.33. The van der Waals surface area contributed by atoms with Gasteiger partial charge in [-0.2, -0.15) is 0 Å². The summed E-state index contributed by atoms with van der Waals surface area (Å²) in [5, 5.41) is 3.80. The zero-order chi connectivity index (χ0) is 15.4. The third-order valence-corrected chi connectivity index (χ3v) is 3.77. The Morgan fingerprint density at radius 2 is 2.10 bits per heavy atom. The first-order valence-electron chi connectivity index (χ1n) is 7.02. The summed E-state index contributed by atoms with van der Waals surface area (Å²) in [4.78, 5) is 27.2. The molecule has 2 atom stereocenters. The Balaban J connectivity index is 2.19. The molecule has 5 heteroatoms. The number of aromatic amines is 1. The number of benzene rings is 1. The molecule has 2 rings (SSSR count). The summed E-state index contributed by atoms with van der Waals surface area (Å²) in [6.45, 7) is 3.88. The maximum Gasteiger partial charge on any atom is 0.328 e. The van der Waals surface area contributed by atoms with Gasteiger partial charge in [0, 0.05) is 17.3 Å². The van der Waals surface area contributed by atoms with Crippen molar-refractivity contribution >= 4 is 22.8 Å². The smallest absolute Gasteiger partial charge is 0.328 e. The van der Waals surface area contributed by atoms with E-state index in [0.29, 0.717) is 5.56 Å². The number of carbonyl (C=O) groups excluding carboxylic acids is 2. The number of methoxy groups -OCH3 is 1. The highest BCUT2D eigenvalue weighted by atomic mass is 16.5. The molecule has 21 heavy (non-hydrogen) atoms. The molecule has 0 aliphatic heterocycles. The molecule has 1 aromatic heterocycles. The third-order valence-electron chi connectivity index (χ3n) is 3.77. The largest absolute Gasteiger partial charge is 0.467 e. The molecule has 5 nitrogen and oxygen atoms in total. The lowest BCUT2D eigenvalue weighted by molar-refractivity contribution is -0.144. The maximum atomic E-state index is 12.3. The van der Waals surface area contributed by atoms with Gasteiger partial charge < -0.3 is 15.0 Å². The molecule has 0 saturated heterocycles. The number of hydrogen-bond acceptors (Lipinski definition) is 3. The highest BCUT2D eigenvalue weighted by Gasteiger charge is 2.27. The molecule has 0 spiro atoms. The van der Waals surface area contributed by atoms with E-state index in [1.54, 1.807) is 12.1 Å². The van der Waals surface area contributed by atoms with Crippen LogP contribution in [0.3, 0.4) is 0 Å². The zero-order valence-corrected chi connectivity index (χ0v) is 12.5. The molecular formula is C16H20N2O3. The third kappa shape index (κ3) is 3.24. The molecule has 0 unspecified atom stereocenters. The summed E-state index contributed by atoms with van der Waals surface area (Å²) >= 11 is 0. The Bertz CT molecular complexity index is 648. The van der Waals surface area contributed by atoms with E-state index in [1.165, 1.54) is 7.11 Å². The van der Waals surface area contributed by atoms with E-state index in [9.17, 15) is 9.59 Å². The topological polar surface area (TPSA) is 71.2 Å². The van der Waals surface area contributed by atoms with Crippen molar-refractivity contribution in [1.82, 2.24) is 10.3 Å². The minimum atomic E-state index is -0.633. The monoisotopic (exact) mass is 288 g/mol. The number of fused-ring (bicyclic) bond motifs is 1. The van der Waals surface area contributed by atoms with Gasteiger partial charge in [-0.05, 0) is 29.5 Å². The summed E-state index contributed by atoms with van der Waals surface area (Å²) in [6.07, 6.45) is 2.60. The average Bonchev–Trinajstić information content (AvgIpc) is 2.98. The molecule has 1 aromatic carbocycles. The van der Waals surface area contributed by atoms with Gasteiger partial charge >= 0.3 is 5.97 Å². The van der Waals surface area contributed by atoms with Gasteiger partial charge in [0.15, 0.2) is 0 Å². The molecular weight excluding hydrogens is 268 g/mol. The highest BCUT2D eigenvalue weighted by molar-refractivity contribution is 5.99. The van der Waals surface area contributed by atoms with Crippen LogP contribution in [0, 0.1) is 5.92 Å². The molecule has 0 radical (unpaired) electrons. The minimum Gasteiger partial charge on any atom is -0.467 e. The van der Waals surface area contributed by atoms with Crippen molar-refractivity contribution in [2.75, 3.05) is 7.11 Å². The Kier molecular flexibility index (Phi) is 4.62. The molecule has 1 amide bonds. The predicted molar refractivity (Wildman–Crippen MR) is 81.0 cm³/mol. The molecule has 2 aromatic rings. The van der Waals surface area contributed by atoms with E-state index < -0.39 is 12.0 Å². The first-order chi connectivity index (χ1) is 10.1. The number of carbonyl (C=O) groups is 2. The van der Waals surface area contributed by atoms with Gasteiger partial charge in [0.25, 0.3) is 5.91 Å². The van der Waals surface area contributed by atoms with E-state index in [1.807, 2.05) is 32.2 Å². The molecule has 0 bridgehead atoms. The molecule has 0 saturated carbocycles. The Morgan fingerprint density at radius 1 is 1.33 bits per heavy atom. The minimum absolute atomic E-state index is 0.00983. The number of esters is 1. The summed E-state index contributed by atoms with van der Waals surface area (Å²) in [5.74, 6) is -0.684. The van der Waals surface area contributed by atoms with Crippen molar-refractivity contribution in [3.63, 3.8) is 0 Å². The number of amides is 1. The lowest BCUT2D eigenvalue weighted by Gasteiger charge is -2.21. The molecule has 0 aliphatic rings. The fourth-order valence-electron chi connectivity index (χ4n) is 2.21. The fraction of sp³-hybridized carbons (Fsp3) is 0.375. The summed E-state index contributed by atoms with van der Waals surface area (Å²) < 4.78 is 4.77. The van der Waals surface area contributed by atoms with Crippen LogP contribution in [-0.4, -0.2) is 30.0 Å². The second kappa shape index (κ2) is 6.43. The highest BCUT2D eigenvalue weighted by Crippen LogP contribution is 2.15. The van der Waals surface area contributed by atoms with Crippen LogP contribution in [0.5, 0.6) is 0 Å². The van der Waals surface area contributed by atoms with E-state index >= 15 is 0 Å². The van der Waals surface area contributed by atoms with Crippen molar-refractivity contribution in [3.8, 4) is 0 Å². The lowest BCUT2D eigenvalue weighted by atomic mass is 9.98. The van der Waals surface area contributed by atoms with Crippen molar-refractivity contribution < 1.29 is 14.3 Å². The lowest BCUT2D eigenvalue weighted by Crippen LogP contribution is -2.45. The van der Waals surface area contributed by atoms with Crippen molar-refractivity contribution in [2.24, 2.45) is 5.92 Å². The van der Waals surface area contributed by atoms with Crippen molar-refractivity contribution in [2.45, 2.75) is 26.3 Å². The van der Waals surface area contributed by atoms with Crippen LogP contribution in [0.2, 0.25) is 0 Å². The van der Waals surface area contributed by atoms with Crippen LogP contribution in [-0.2, 0) is 9.53 Å². The predicted octanol–water partition coefficient (Wildman–Crippen LogP) is 2.49. The maximum absolute atomic E-state index is 12.3. The number of hydrogen-bond donors (Lipinski definition) is 2.